The van der Waals surface area contributed by atoms with Crippen LogP contribution in [0.2, 0.25) is 0 Å². The van der Waals surface area contributed by atoms with Crippen LogP contribution in [0.5, 0.6) is 0 Å². The lowest BCUT2D eigenvalue weighted by molar-refractivity contribution is 0.806. The minimum Gasteiger partial charge on any atom is -0.309 e. The highest BCUT2D eigenvalue weighted by molar-refractivity contribution is 8.04. The minimum atomic E-state index is 0.267. The first-order valence-electron chi connectivity index (χ1n) is 3.32. The highest BCUT2D eigenvalue weighted by Crippen LogP contribution is 2.29. The summed E-state index contributed by atoms with van der Waals surface area (Å²) in [6, 6.07) is 0. The van der Waals surface area contributed by atoms with Crippen molar-refractivity contribution in [3.8, 4) is 0 Å². The van der Waals surface area contributed by atoms with E-state index in [1.165, 1.54) is 11.1 Å². The Labute approximate surface area is 67.4 Å². The van der Waals surface area contributed by atoms with Gasteiger partial charge in [0.05, 0.1) is 0 Å². The molecule has 0 rings (SSSR count). The maximum atomic E-state index is 6.83. The monoisotopic (exact) mass is 157 g/mol. The van der Waals surface area contributed by atoms with Crippen molar-refractivity contribution in [3.63, 3.8) is 0 Å². The first kappa shape index (κ1) is 9.76. The largest absolute Gasteiger partial charge is 0.309 e. The predicted octanol–water partition coefficient (Wildman–Crippen LogP) is 3.07. The molecule has 0 bridgehead atoms. The molecular weight excluding hydrogens is 142 g/mol. The van der Waals surface area contributed by atoms with Crippen LogP contribution in [0.4, 0.5) is 0 Å². The smallest absolute Gasteiger partial charge is 0.0185 e. The SMILES string of the molecule is C/C(=C\C=N)SC(C)(C)C. The topological polar surface area (TPSA) is 23.9 Å². The summed E-state index contributed by atoms with van der Waals surface area (Å²) >= 11 is 1.79. The minimum absolute atomic E-state index is 0.267. The van der Waals surface area contributed by atoms with Gasteiger partial charge in [-0.05, 0) is 17.9 Å². The Morgan fingerprint density at radius 1 is 1.40 bits per heavy atom. The predicted molar refractivity (Wildman–Crippen MR) is 49.9 cm³/mol. The Bertz CT molecular complexity index is 142. The summed E-state index contributed by atoms with van der Waals surface area (Å²) in [6.07, 6.45) is 3.14. The van der Waals surface area contributed by atoms with Gasteiger partial charge in [-0.15, -0.1) is 11.8 Å². The molecule has 0 radical (unpaired) electrons. The first-order valence-corrected chi connectivity index (χ1v) is 4.14. The lowest BCUT2D eigenvalue weighted by Gasteiger charge is -2.17. The molecule has 0 saturated carbocycles. The Morgan fingerprint density at radius 3 is 2.20 bits per heavy atom. The highest BCUT2D eigenvalue weighted by atomic mass is 32.2. The van der Waals surface area contributed by atoms with Crippen LogP contribution in [0.25, 0.3) is 0 Å². The van der Waals surface area contributed by atoms with Crippen LogP contribution in [0.3, 0.4) is 0 Å². The third-order valence-corrected chi connectivity index (χ3v) is 1.86. The van der Waals surface area contributed by atoms with Crippen molar-refractivity contribution in [2.24, 2.45) is 0 Å². The van der Waals surface area contributed by atoms with Crippen LogP contribution in [0, 0.1) is 5.41 Å². The second-order valence-electron chi connectivity index (χ2n) is 3.16. The van der Waals surface area contributed by atoms with Gasteiger partial charge >= 0.3 is 0 Å². The summed E-state index contributed by atoms with van der Waals surface area (Å²) in [5.74, 6) is 0. The van der Waals surface area contributed by atoms with Crippen LogP contribution in [-0.2, 0) is 0 Å². The molecule has 0 atom stereocenters. The van der Waals surface area contributed by atoms with Crippen molar-refractivity contribution in [2.75, 3.05) is 0 Å². The van der Waals surface area contributed by atoms with Gasteiger partial charge in [0.2, 0.25) is 0 Å². The third kappa shape index (κ3) is 5.89. The van der Waals surface area contributed by atoms with E-state index in [2.05, 4.69) is 20.8 Å². The molecule has 0 fully saturated rings. The van der Waals surface area contributed by atoms with E-state index in [4.69, 9.17) is 5.41 Å². The van der Waals surface area contributed by atoms with Gasteiger partial charge < -0.3 is 5.41 Å². The fourth-order valence-corrected chi connectivity index (χ4v) is 1.74. The Hall–Kier alpha value is -0.240. The summed E-state index contributed by atoms with van der Waals surface area (Å²) in [6.45, 7) is 8.53. The van der Waals surface area contributed by atoms with E-state index in [1.807, 2.05) is 13.0 Å². The lowest BCUT2D eigenvalue weighted by Crippen LogP contribution is -2.06. The zero-order valence-corrected chi connectivity index (χ0v) is 7.88. The number of thioether (sulfide) groups is 1. The number of hydrogen-bond donors (Lipinski definition) is 1. The Kier molecular flexibility index (Phi) is 3.72. The van der Waals surface area contributed by atoms with Gasteiger partial charge in [-0.2, -0.15) is 0 Å². The maximum absolute atomic E-state index is 6.83. The van der Waals surface area contributed by atoms with Crippen LogP contribution in [0.15, 0.2) is 11.0 Å². The molecule has 1 N–H and O–H groups in total. The molecular formula is C8H15NS. The highest BCUT2D eigenvalue weighted by Gasteiger charge is 2.10. The maximum Gasteiger partial charge on any atom is 0.0185 e. The molecule has 0 unspecified atom stereocenters. The van der Waals surface area contributed by atoms with Gasteiger partial charge in [-0.3, -0.25) is 0 Å². The van der Waals surface area contributed by atoms with Gasteiger partial charge in [0.1, 0.15) is 0 Å². The Morgan fingerprint density at radius 2 is 1.90 bits per heavy atom. The van der Waals surface area contributed by atoms with Crippen LogP contribution in [0.1, 0.15) is 27.7 Å². The van der Waals surface area contributed by atoms with Crippen LogP contribution in [-0.4, -0.2) is 11.0 Å². The van der Waals surface area contributed by atoms with E-state index >= 15 is 0 Å². The molecule has 0 spiro atoms. The first-order chi connectivity index (χ1) is 4.45. The fourth-order valence-electron chi connectivity index (χ4n) is 0.634. The van der Waals surface area contributed by atoms with E-state index in [0.29, 0.717) is 0 Å². The summed E-state index contributed by atoms with van der Waals surface area (Å²) in [5.41, 5.74) is 0. The molecule has 0 aliphatic rings. The van der Waals surface area contributed by atoms with Crippen molar-refractivity contribution in [2.45, 2.75) is 32.4 Å². The Balaban J connectivity index is 3.91. The van der Waals surface area contributed by atoms with Gasteiger partial charge in [-0.1, -0.05) is 20.8 Å². The zero-order chi connectivity index (χ0) is 8.20. The van der Waals surface area contributed by atoms with E-state index in [-0.39, 0.29) is 4.75 Å². The molecule has 10 heavy (non-hydrogen) atoms. The molecule has 0 amide bonds. The molecule has 0 aromatic heterocycles. The summed E-state index contributed by atoms with van der Waals surface area (Å²) in [4.78, 5) is 1.20. The second-order valence-corrected chi connectivity index (χ2v) is 5.23. The van der Waals surface area contributed by atoms with E-state index in [0.717, 1.165) is 0 Å². The van der Waals surface area contributed by atoms with Crippen LogP contribution < -0.4 is 0 Å². The van der Waals surface area contributed by atoms with Crippen molar-refractivity contribution in [3.05, 3.63) is 11.0 Å². The molecule has 0 aromatic rings. The number of nitrogens with one attached hydrogen (secondary N) is 1. The standard InChI is InChI=1S/C8H15NS/c1-7(5-6-9)10-8(2,3)4/h5-6,9H,1-4H3/b7-5+,9-6?. The molecule has 0 aliphatic carbocycles. The average molecular weight is 157 g/mol. The molecule has 0 aliphatic heterocycles. The zero-order valence-electron chi connectivity index (χ0n) is 7.06. The summed E-state index contributed by atoms with van der Waals surface area (Å²) < 4.78 is 0.267. The molecule has 0 aromatic carbocycles. The van der Waals surface area contributed by atoms with Crippen LogP contribution >= 0.6 is 11.8 Å². The number of hydrogen-bond acceptors (Lipinski definition) is 2. The van der Waals surface area contributed by atoms with Gasteiger partial charge in [0, 0.05) is 11.0 Å². The van der Waals surface area contributed by atoms with Crippen molar-refractivity contribution in [1.29, 1.82) is 5.41 Å². The normalized spacial score (nSPS) is 13.4. The van der Waals surface area contributed by atoms with E-state index in [9.17, 15) is 0 Å². The number of allylic oxidation sites excluding steroid dienone is 2. The van der Waals surface area contributed by atoms with Crippen molar-refractivity contribution < 1.29 is 0 Å². The van der Waals surface area contributed by atoms with Crippen molar-refractivity contribution in [1.82, 2.24) is 0 Å². The summed E-state index contributed by atoms with van der Waals surface area (Å²) in [7, 11) is 0. The van der Waals surface area contributed by atoms with Crippen molar-refractivity contribution >= 4 is 18.0 Å². The molecule has 2 heteroatoms. The van der Waals surface area contributed by atoms with Gasteiger partial charge in [0.25, 0.3) is 0 Å². The molecule has 1 nitrogen and oxygen atoms in total. The lowest BCUT2D eigenvalue weighted by atomic mass is 10.3. The molecule has 58 valence electrons. The summed E-state index contributed by atoms with van der Waals surface area (Å²) in [5, 5.41) is 6.83. The van der Waals surface area contributed by atoms with Gasteiger partial charge in [0.15, 0.2) is 0 Å². The number of rotatable bonds is 2. The quantitative estimate of drug-likeness (QED) is 0.612. The third-order valence-electron chi connectivity index (χ3n) is 0.785. The molecule has 0 saturated heterocycles. The van der Waals surface area contributed by atoms with E-state index in [1.54, 1.807) is 11.8 Å². The van der Waals surface area contributed by atoms with Gasteiger partial charge in [-0.25, -0.2) is 0 Å². The fraction of sp³-hybridized carbons (Fsp3) is 0.625. The molecule has 0 heterocycles. The van der Waals surface area contributed by atoms with E-state index < -0.39 is 0 Å². The second kappa shape index (κ2) is 3.81. The average Bonchev–Trinajstić information content (AvgIpc) is 1.59.